The average molecular weight is 340 g/mol. The van der Waals surface area contributed by atoms with E-state index in [2.05, 4.69) is 15.4 Å². The van der Waals surface area contributed by atoms with Crippen molar-refractivity contribution >= 4 is 22.9 Å². The van der Waals surface area contributed by atoms with Crippen molar-refractivity contribution in [2.24, 2.45) is 0 Å². The second-order valence-electron chi connectivity index (χ2n) is 6.37. The van der Waals surface area contributed by atoms with Gasteiger partial charge >= 0.3 is 0 Å². The summed E-state index contributed by atoms with van der Waals surface area (Å²) in [6, 6.07) is 8.09. The van der Waals surface area contributed by atoms with Gasteiger partial charge in [0.2, 0.25) is 0 Å². The fourth-order valence-corrected chi connectivity index (χ4v) is 3.97. The number of carbonyl (C=O) groups excluding carboxylic acids is 1. The molecule has 0 aliphatic heterocycles. The number of carbonyl (C=O) groups is 1. The Hall–Kier alpha value is -2.21. The fraction of sp³-hybridized carbons (Fsp3) is 0.389. The normalized spacial score (nSPS) is 15.7. The lowest BCUT2D eigenvalue weighted by atomic mass is 9.95. The number of rotatable bonds is 3. The summed E-state index contributed by atoms with van der Waals surface area (Å²) >= 11 is 1.65. The third kappa shape index (κ3) is 2.94. The predicted molar refractivity (Wildman–Crippen MR) is 95.4 cm³/mol. The second kappa shape index (κ2) is 6.36. The van der Waals surface area contributed by atoms with Gasteiger partial charge in [0, 0.05) is 17.8 Å². The van der Waals surface area contributed by atoms with Crippen molar-refractivity contribution in [2.45, 2.75) is 45.1 Å². The van der Waals surface area contributed by atoms with E-state index in [0.29, 0.717) is 11.3 Å². The number of aromatic nitrogens is 3. The fourth-order valence-electron chi connectivity index (χ4n) is 3.29. The lowest BCUT2D eigenvalue weighted by Crippen LogP contribution is -2.36. The van der Waals surface area contributed by atoms with Gasteiger partial charge in [0.1, 0.15) is 11.4 Å². The molecule has 6 heteroatoms. The molecular formula is C18H20N4OS. The Labute approximate surface area is 144 Å². The van der Waals surface area contributed by atoms with E-state index < -0.39 is 0 Å². The number of amides is 1. The van der Waals surface area contributed by atoms with E-state index in [1.165, 1.54) is 19.3 Å². The van der Waals surface area contributed by atoms with E-state index >= 15 is 0 Å². The summed E-state index contributed by atoms with van der Waals surface area (Å²) in [6.45, 7) is 1.96. The molecule has 4 rings (SSSR count). The highest BCUT2D eigenvalue weighted by molar-refractivity contribution is 7.13. The molecule has 0 atom stereocenters. The smallest absolute Gasteiger partial charge is 0.270 e. The van der Waals surface area contributed by atoms with E-state index in [1.54, 1.807) is 15.9 Å². The number of hydrogen-bond acceptors (Lipinski definition) is 4. The van der Waals surface area contributed by atoms with Crippen molar-refractivity contribution in [2.75, 3.05) is 0 Å². The third-order valence-corrected chi connectivity index (χ3v) is 5.44. The summed E-state index contributed by atoms with van der Waals surface area (Å²) in [4.78, 5) is 18.2. The van der Waals surface area contributed by atoms with Crippen molar-refractivity contribution < 1.29 is 4.79 Å². The largest absolute Gasteiger partial charge is 0.348 e. The van der Waals surface area contributed by atoms with Crippen LogP contribution in [-0.4, -0.2) is 26.5 Å². The van der Waals surface area contributed by atoms with Crippen molar-refractivity contribution in [1.29, 1.82) is 0 Å². The van der Waals surface area contributed by atoms with Crippen LogP contribution in [0.1, 0.15) is 48.3 Å². The molecule has 0 spiro atoms. The van der Waals surface area contributed by atoms with Crippen LogP contribution >= 0.6 is 11.3 Å². The molecule has 124 valence electrons. The molecule has 3 aromatic rings. The maximum Gasteiger partial charge on any atom is 0.270 e. The van der Waals surface area contributed by atoms with Gasteiger partial charge < -0.3 is 5.32 Å². The minimum absolute atomic E-state index is 0.0774. The first-order valence-corrected chi connectivity index (χ1v) is 9.31. The first-order valence-electron chi connectivity index (χ1n) is 8.43. The van der Waals surface area contributed by atoms with Crippen LogP contribution in [0.5, 0.6) is 0 Å². The third-order valence-electron chi connectivity index (χ3n) is 4.55. The Balaban J connectivity index is 1.63. The summed E-state index contributed by atoms with van der Waals surface area (Å²) < 4.78 is 1.80. The van der Waals surface area contributed by atoms with Crippen molar-refractivity contribution in [1.82, 2.24) is 19.9 Å². The van der Waals surface area contributed by atoms with E-state index in [4.69, 9.17) is 0 Å². The van der Waals surface area contributed by atoms with Gasteiger partial charge in [-0.1, -0.05) is 25.3 Å². The van der Waals surface area contributed by atoms with Crippen molar-refractivity contribution in [3.63, 3.8) is 0 Å². The first kappa shape index (κ1) is 15.3. The standard InChI is InChI=1S/C18H20N4OS/c1-12-10-15(18(23)19-13-6-3-2-4-7-13)20-17-11-14(21-22(12)17)16-8-5-9-24-16/h5,8-11,13H,2-4,6-7H2,1H3,(H,19,23). The van der Waals surface area contributed by atoms with Gasteiger partial charge in [0.05, 0.1) is 4.88 Å². The summed E-state index contributed by atoms with van der Waals surface area (Å²) in [7, 11) is 0. The molecule has 1 amide bonds. The summed E-state index contributed by atoms with van der Waals surface area (Å²) in [5.74, 6) is -0.0774. The highest BCUT2D eigenvalue weighted by Gasteiger charge is 2.19. The molecular weight excluding hydrogens is 320 g/mol. The molecule has 0 bridgehead atoms. The highest BCUT2D eigenvalue weighted by Crippen LogP contribution is 2.24. The summed E-state index contributed by atoms with van der Waals surface area (Å²) in [5, 5.41) is 9.77. The molecule has 3 aromatic heterocycles. The Bertz CT molecular complexity index is 863. The van der Waals surface area contributed by atoms with E-state index in [0.717, 1.165) is 29.1 Å². The number of hydrogen-bond donors (Lipinski definition) is 1. The molecule has 1 aliphatic rings. The minimum Gasteiger partial charge on any atom is -0.348 e. The first-order chi connectivity index (χ1) is 11.7. The number of thiophene rings is 1. The van der Waals surface area contributed by atoms with Crippen LogP contribution in [0.3, 0.4) is 0 Å². The lowest BCUT2D eigenvalue weighted by molar-refractivity contribution is 0.0922. The predicted octanol–water partition coefficient (Wildman–Crippen LogP) is 3.83. The second-order valence-corrected chi connectivity index (χ2v) is 7.32. The van der Waals surface area contributed by atoms with Crippen LogP contribution in [-0.2, 0) is 0 Å². The maximum absolute atomic E-state index is 12.5. The molecule has 1 fully saturated rings. The van der Waals surface area contributed by atoms with Crippen molar-refractivity contribution in [3.05, 3.63) is 41.0 Å². The molecule has 1 N–H and O–H groups in total. The number of nitrogens with zero attached hydrogens (tertiary/aromatic N) is 3. The Morgan fingerprint density at radius 1 is 1.29 bits per heavy atom. The molecule has 24 heavy (non-hydrogen) atoms. The molecule has 1 aliphatic carbocycles. The van der Waals surface area contributed by atoms with Gasteiger partial charge in [0.15, 0.2) is 5.65 Å². The molecule has 1 saturated carbocycles. The molecule has 0 aromatic carbocycles. The quantitative estimate of drug-likeness (QED) is 0.788. The van der Waals surface area contributed by atoms with E-state index in [1.807, 2.05) is 36.6 Å². The molecule has 0 unspecified atom stereocenters. The molecule has 0 saturated heterocycles. The van der Waals surface area contributed by atoms with Crippen LogP contribution < -0.4 is 5.32 Å². The van der Waals surface area contributed by atoms with E-state index in [9.17, 15) is 4.79 Å². The number of fused-ring (bicyclic) bond motifs is 1. The van der Waals surface area contributed by atoms with Crippen LogP contribution in [0.2, 0.25) is 0 Å². The Morgan fingerprint density at radius 2 is 2.12 bits per heavy atom. The van der Waals surface area contributed by atoms with Gasteiger partial charge in [-0.2, -0.15) is 5.10 Å². The molecule has 5 nitrogen and oxygen atoms in total. The van der Waals surface area contributed by atoms with Gasteiger partial charge in [-0.25, -0.2) is 9.50 Å². The van der Waals surface area contributed by atoms with Crippen molar-refractivity contribution in [3.8, 4) is 10.6 Å². The van der Waals surface area contributed by atoms with Gasteiger partial charge in [-0.3, -0.25) is 4.79 Å². The Morgan fingerprint density at radius 3 is 2.88 bits per heavy atom. The highest BCUT2D eigenvalue weighted by atomic mass is 32.1. The SMILES string of the molecule is Cc1cc(C(=O)NC2CCCCC2)nc2cc(-c3cccs3)nn12. The molecule has 3 heterocycles. The van der Waals surface area contributed by atoms with Crippen LogP contribution in [0.25, 0.3) is 16.2 Å². The zero-order valence-corrected chi connectivity index (χ0v) is 14.5. The number of aryl methyl sites for hydroxylation is 1. The topological polar surface area (TPSA) is 59.3 Å². The molecule has 0 radical (unpaired) electrons. The minimum atomic E-state index is -0.0774. The summed E-state index contributed by atoms with van der Waals surface area (Å²) in [6.07, 6.45) is 5.81. The van der Waals surface area contributed by atoms with E-state index in [-0.39, 0.29) is 11.9 Å². The monoisotopic (exact) mass is 340 g/mol. The zero-order valence-electron chi connectivity index (χ0n) is 13.7. The summed E-state index contributed by atoms with van der Waals surface area (Å²) in [5.41, 5.74) is 3.00. The van der Waals surface area contributed by atoms with Crippen LogP contribution in [0.15, 0.2) is 29.6 Å². The number of nitrogens with one attached hydrogen (secondary N) is 1. The Kier molecular flexibility index (Phi) is 4.06. The average Bonchev–Trinajstić information content (AvgIpc) is 3.25. The van der Waals surface area contributed by atoms with Gasteiger partial charge in [-0.05, 0) is 37.3 Å². The lowest BCUT2D eigenvalue weighted by Gasteiger charge is -2.22. The van der Waals surface area contributed by atoms with Gasteiger partial charge in [-0.15, -0.1) is 11.3 Å². The maximum atomic E-state index is 12.5. The zero-order chi connectivity index (χ0) is 16.5. The van der Waals surface area contributed by atoms with Crippen LogP contribution in [0, 0.1) is 6.92 Å². The van der Waals surface area contributed by atoms with Crippen LogP contribution in [0.4, 0.5) is 0 Å². The van der Waals surface area contributed by atoms with Gasteiger partial charge in [0.25, 0.3) is 5.91 Å².